The number of rotatable bonds is 19. The molecule has 2 aromatic rings. The van der Waals surface area contributed by atoms with Gasteiger partial charge in [0.05, 0.1) is 50.2 Å². The maximum atomic E-state index is 10.4. The van der Waals surface area contributed by atoms with Crippen LogP contribution in [-0.2, 0) is 6.61 Å². The van der Waals surface area contributed by atoms with Crippen molar-refractivity contribution in [2.24, 2.45) is 11.8 Å². The summed E-state index contributed by atoms with van der Waals surface area (Å²) >= 11 is 0. The highest BCUT2D eigenvalue weighted by molar-refractivity contribution is 5.94. The minimum Gasteiger partial charge on any atom is -0.496 e. The lowest BCUT2D eigenvalue weighted by atomic mass is 9.93. The van der Waals surface area contributed by atoms with E-state index in [0.29, 0.717) is 69.9 Å². The van der Waals surface area contributed by atoms with Gasteiger partial charge in [-0.2, -0.15) is 10.5 Å². The molecule has 6 heteroatoms. The molecular formula is C38H52N2O4. The van der Waals surface area contributed by atoms with Gasteiger partial charge in [0.15, 0.2) is 0 Å². The van der Waals surface area contributed by atoms with E-state index in [1.807, 2.05) is 19.1 Å². The number of methoxy groups -OCH3 is 1. The quantitative estimate of drug-likeness (QED) is 0.127. The number of unbranched alkanes of at least 4 members (excludes halogenated alkanes) is 2. The van der Waals surface area contributed by atoms with E-state index in [0.717, 1.165) is 49.8 Å². The molecule has 2 atom stereocenters. The van der Waals surface area contributed by atoms with Crippen LogP contribution < -0.4 is 14.2 Å². The van der Waals surface area contributed by atoms with Crippen LogP contribution in [0.25, 0.3) is 17.2 Å². The summed E-state index contributed by atoms with van der Waals surface area (Å²) in [5, 5.41) is 30.5. The lowest BCUT2D eigenvalue weighted by Crippen LogP contribution is -2.13. The smallest absolute Gasteiger partial charge is 0.128 e. The first-order valence-electron chi connectivity index (χ1n) is 16.2. The van der Waals surface area contributed by atoms with E-state index in [4.69, 9.17) is 14.2 Å². The molecule has 0 saturated carbocycles. The van der Waals surface area contributed by atoms with Gasteiger partial charge in [-0.3, -0.25) is 0 Å². The third-order valence-corrected chi connectivity index (χ3v) is 8.35. The highest BCUT2D eigenvalue weighted by Crippen LogP contribution is 2.37. The summed E-state index contributed by atoms with van der Waals surface area (Å²) in [6.45, 7) is 13.4. The molecule has 0 aliphatic rings. The highest BCUT2D eigenvalue weighted by atomic mass is 16.5. The van der Waals surface area contributed by atoms with Crippen LogP contribution >= 0.6 is 0 Å². The fraction of sp³-hybridized carbons (Fsp3) is 0.526. The van der Waals surface area contributed by atoms with Gasteiger partial charge in [-0.25, -0.2) is 0 Å². The number of benzene rings is 2. The number of aliphatic hydroxyl groups is 1. The summed E-state index contributed by atoms with van der Waals surface area (Å²) < 4.78 is 18.5. The summed E-state index contributed by atoms with van der Waals surface area (Å²) in [7, 11) is 1.62. The Kier molecular flexibility index (Phi) is 16.2. The summed E-state index contributed by atoms with van der Waals surface area (Å²) in [5.74, 6) is 2.77. The standard InChI is InChI=1S/C38H52N2O4/c1-8-13-15-28(10-3)25-43-36-20-31(37(42-7)17-27(36)6)18-32(23-40)35-19-33(24-41)34(30(12-5)22-39)21-38(35)44-26-29(11-4)16-14-9-2/h12,17-21,28-29,41H,8-11,13-16,24-26H2,1-7H3/b30-12+,32-18+. The minimum absolute atomic E-state index is 0.281. The molecule has 0 fully saturated rings. The number of nitrogens with zero attached hydrogens (tertiary/aromatic N) is 2. The fourth-order valence-electron chi connectivity index (χ4n) is 5.28. The number of allylic oxidation sites excluding steroid dienone is 3. The Morgan fingerprint density at radius 2 is 1.41 bits per heavy atom. The van der Waals surface area contributed by atoms with E-state index < -0.39 is 0 Å². The molecule has 2 aromatic carbocycles. The van der Waals surface area contributed by atoms with Crippen molar-refractivity contribution >= 4 is 17.2 Å². The third kappa shape index (κ3) is 10.2. The minimum atomic E-state index is -0.281. The number of hydrogen-bond acceptors (Lipinski definition) is 6. The summed E-state index contributed by atoms with van der Waals surface area (Å²) in [6.07, 6.45) is 12.3. The van der Waals surface area contributed by atoms with Crippen molar-refractivity contribution < 1.29 is 19.3 Å². The van der Waals surface area contributed by atoms with E-state index in [2.05, 4.69) is 39.8 Å². The molecule has 238 valence electrons. The third-order valence-electron chi connectivity index (χ3n) is 8.35. The van der Waals surface area contributed by atoms with Crippen LogP contribution in [0.15, 0.2) is 30.3 Å². The number of aryl methyl sites for hydroxylation is 1. The molecule has 0 radical (unpaired) electrons. The lowest BCUT2D eigenvalue weighted by molar-refractivity contribution is 0.232. The van der Waals surface area contributed by atoms with Gasteiger partial charge < -0.3 is 19.3 Å². The van der Waals surface area contributed by atoms with Crippen LogP contribution in [0.2, 0.25) is 0 Å². The molecule has 6 nitrogen and oxygen atoms in total. The molecule has 0 heterocycles. The number of hydrogen-bond donors (Lipinski definition) is 1. The molecule has 2 rings (SSSR count). The van der Waals surface area contributed by atoms with Crippen LogP contribution in [0.5, 0.6) is 17.2 Å². The van der Waals surface area contributed by atoms with Crippen LogP contribution in [0.4, 0.5) is 0 Å². The second-order valence-electron chi connectivity index (χ2n) is 11.5. The molecule has 44 heavy (non-hydrogen) atoms. The monoisotopic (exact) mass is 600 g/mol. The molecule has 0 bridgehead atoms. The summed E-state index contributed by atoms with van der Waals surface area (Å²) in [4.78, 5) is 0. The Hall–Kier alpha value is -3.74. The van der Waals surface area contributed by atoms with Crippen molar-refractivity contribution in [3.63, 3.8) is 0 Å². The van der Waals surface area contributed by atoms with Crippen LogP contribution in [0, 0.1) is 41.4 Å². The van der Waals surface area contributed by atoms with Crippen molar-refractivity contribution in [1.29, 1.82) is 10.5 Å². The van der Waals surface area contributed by atoms with Gasteiger partial charge >= 0.3 is 0 Å². The van der Waals surface area contributed by atoms with E-state index in [1.54, 1.807) is 38.3 Å². The van der Waals surface area contributed by atoms with Crippen molar-refractivity contribution in [2.75, 3.05) is 20.3 Å². The predicted molar refractivity (Wildman–Crippen MR) is 180 cm³/mol. The molecule has 0 aliphatic heterocycles. The van der Waals surface area contributed by atoms with Crippen molar-refractivity contribution in [3.05, 3.63) is 58.2 Å². The van der Waals surface area contributed by atoms with E-state index in [-0.39, 0.29) is 6.61 Å². The fourth-order valence-corrected chi connectivity index (χ4v) is 5.28. The van der Waals surface area contributed by atoms with Gasteiger partial charge in [-0.05, 0) is 80.0 Å². The first kappa shape index (κ1) is 36.5. The Labute approximate surface area is 266 Å². The van der Waals surface area contributed by atoms with Crippen LogP contribution in [0.3, 0.4) is 0 Å². The average molecular weight is 601 g/mol. The normalized spacial score (nSPS) is 13.1. The van der Waals surface area contributed by atoms with E-state index in [9.17, 15) is 15.6 Å². The van der Waals surface area contributed by atoms with Gasteiger partial charge in [0.25, 0.3) is 0 Å². The topological polar surface area (TPSA) is 95.5 Å². The first-order chi connectivity index (χ1) is 21.3. The zero-order valence-corrected chi connectivity index (χ0v) is 28.0. The predicted octanol–water partition coefficient (Wildman–Crippen LogP) is 9.68. The van der Waals surface area contributed by atoms with Gasteiger partial charge in [-0.15, -0.1) is 0 Å². The largest absolute Gasteiger partial charge is 0.496 e. The molecule has 1 N–H and O–H groups in total. The Morgan fingerprint density at radius 1 is 0.818 bits per heavy atom. The SMILES string of the molecule is C/C=C(\C#N)c1cc(OCC(CC)CCCC)c(/C(C#N)=C/c2cc(OCC(CC)CCCC)c(C)cc2OC)cc1CO. The Morgan fingerprint density at radius 3 is 1.89 bits per heavy atom. The van der Waals surface area contributed by atoms with Gasteiger partial charge in [0.2, 0.25) is 0 Å². The summed E-state index contributed by atoms with van der Waals surface area (Å²) in [5.41, 5.74) is 4.21. The first-order valence-corrected chi connectivity index (χ1v) is 16.2. The molecular weight excluding hydrogens is 548 g/mol. The second kappa shape index (κ2) is 19.5. The number of aliphatic hydroxyl groups excluding tert-OH is 1. The van der Waals surface area contributed by atoms with Gasteiger partial charge in [-0.1, -0.05) is 72.3 Å². The second-order valence-corrected chi connectivity index (χ2v) is 11.5. The molecule has 0 aliphatic carbocycles. The molecule has 2 unspecified atom stereocenters. The maximum Gasteiger partial charge on any atom is 0.128 e. The molecule has 0 saturated heterocycles. The number of nitriles is 2. The zero-order chi connectivity index (χ0) is 32.5. The Balaban J connectivity index is 2.65. The maximum absolute atomic E-state index is 10.4. The average Bonchev–Trinajstić information content (AvgIpc) is 3.05. The molecule has 0 spiro atoms. The van der Waals surface area contributed by atoms with E-state index >= 15 is 0 Å². The van der Waals surface area contributed by atoms with Crippen molar-refractivity contribution in [3.8, 4) is 29.4 Å². The van der Waals surface area contributed by atoms with Gasteiger partial charge in [0, 0.05) is 16.7 Å². The Bertz CT molecular complexity index is 1350. The van der Waals surface area contributed by atoms with E-state index in [1.165, 1.54) is 12.8 Å². The van der Waals surface area contributed by atoms with Crippen LogP contribution in [-0.4, -0.2) is 25.4 Å². The molecule has 0 amide bonds. The molecule has 0 aromatic heterocycles. The lowest BCUT2D eigenvalue weighted by Gasteiger charge is -2.20. The van der Waals surface area contributed by atoms with Crippen molar-refractivity contribution in [2.45, 2.75) is 99.5 Å². The van der Waals surface area contributed by atoms with Crippen molar-refractivity contribution in [1.82, 2.24) is 0 Å². The summed E-state index contributed by atoms with van der Waals surface area (Å²) in [6, 6.07) is 12.0. The zero-order valence-electron chi connectivity index (χ0n) is 28.0. The number of ether oxygens (including phenoxy) is 3. The van der Waals surface area contributed by atoms with Crippen LogP contribution in [0.1, 0.15) is 114 Å². The van der Waals surface area contributed by atoms with Gasteiger partial charge in [0.1, 0.15) is 17.2 Å². The highest BCUT2D eigenvalue weighted by Gasteiger charge is 2.19.